The van der Waals surface area contributed by atoms with Crippen molar-refractivity contribution in [2.75, 3.05) is 33.2 Å². The summed E-state index contributed by atoms with van der Waals surface area (Å²) in [6.07, 6.45) is 1.49. The molecule has 3 aliphatic heterocycles. The molecule has 0 atom stereocenters. The molecule has 0 spiro atoms. The van der Waals surface area contributed by atoms with Crippen molar-refractivity contribution in [3.8, 4) is 34.5 Å². The van der Waals surface area contributed by atoms with E-state index in [2.05, 4.69) is 10.2 Å². The fourth-order valence-electron chi connectivity index (χ4n) is 4.25. The average Bonchev–Trinajstić information content (AvgIpc) is 3.49. The van der Waals surface area contributed by atoms with Gasteiger partial charge in [-0.2, -0.15) is 0 Å². The number of benzene rings is 2. The summed E-state index contributed by atoms with van der Waals surface area (Å²) in [5.41, 5.74) is 1.43. The highest BCUT2D eigenvalue weighted by Crippen LogP contribution is 2.45. The Morgan fingerprint density at radius 1 is 0.700 bits per heavy atom. The SMILES string of the molecule is c1cc2c(cc1-c1nnc(C3(c4ccc5c(c4)OCO5)CCOCC3)o1)OCCO2. The van der Waals surface area contributed by atoms with Crippen molar-refractivity contribution in [3.05, 3.63) is 47.9 Å². The van der Waals surface area contributed by atoms with Gasteiger partial charge in [-0.25, -0.2) is 0 Å². The molecular weight excluding hydrogens is 388 g/mol. The van der Waals surface area contributed by atoms with Crippen LogP contribution >= 0.6 is 0 Å². The van der Waals surface area contributed by atoms with E-state index in [1.165, 1.54) is 0 Å². The standard InChI is InChI=1S/C22H20N2O6/c1-3-16-18(27-10-9-26-16)11-14(1)20-23-24-21(30-20)22(5-7-25-8-6-22)15-2-4-17-19(12-15)29-13-28-17/h1-4,11-12H,5-10,13H2. The Bertz CT molecular complexity index is 1090. The van der Waals surface area contributed by atoms with E-state index in [1.807, 2.05) is 36.4 Å². The number of rotatable bonds is 3. The fraction of sp³-hybridized carbons (Fsp3) is 0.364. The number of nitrogens with zero attached hydrogens (tertiary/aromatic N) is 2. The first-order chi connectivity index (χ1) is 14.8. The zero-order chi connectivity index (χ0) is 20.0. The topological polar surface area (TPSA) is 85.1 Å². The highest BCUT2D eigenvalue weighted by atomic mass is 16.7. The van der Waals surface area contributed by atoms with E-state index >= 15 is 0 Å². The van der Waals surface area contributed by atoms with E-state index in [-0.39, 0.29) is 6.79 Å². The Balaban J connectivity index is 1.39. The van der Waals surface area contributed by atoms with Crippen molar-refractivity contribution in [1.29, 1.82) is 0 Å². The van der Waals surface area contributed by atoms with Crippen LogP contribution in [0, 0.1) is 0 Å². The van der Waals surface area contributed by atoms with Gasteiger partial charge < -0.3 is 28.1 Å². The van der Waals surface area contributed by atoms with Crippen molar-refractivity contribution in [2.45, 2.75) is 18.3 Å². The van der Waals surface area contributed by atoms with Crippen molar-refractivity contribution < 1.29 is 28.1 Å². The molecule has 3 aromatic rings. The largest absolute Gasteiger partial charge is 0.486 e. The van der Waals surface area contributed by atoms with Gasteiger partial charge in [0.15, 0.2) is 23.0 Å². The van der Waals surface area contributed by atoms with E-state index in [4.69, 9.17) is 28.1 Å². The van der Waals surface area contributed by atoms with Crippen LogP contribution < -0.4 is 18.9 Å². The van der Waals surface area contributed by atoms with Crippen LogP contribution in [0.1, 0.15) is 24.3 Å². The molecule has 1 aromatic heterocycles. The van der Waals surface area contributed by atoms with Gasteiger partial charge in [0.25, 0.3) is 0 Å². The van der Waals surface area contributed by atoms with E-state index in [0.717, 1.165) is 41.2 Å². The lowest BCUT2D eigenvalue weighted by Gasteiger charge is -2.34. The van der Waals surface area contributed by atoms with Crippen LogP contribution in [0.2, 0.25) is 0 Å². The van der Waals surface area contributed by atoms with Crippen LogP contribution in [0.15, 0.2) is 40.8 Å². The Hall–Kier alpha value is -3.26. The monoisotopic (exact) mass is 408 g/mol. The van der Waals surface area contributed by atoms with Gasteiger partial charge in [0.1, 0.15) is 13.2 Å². The van der Waals surface area contributed by atoms with Gasteiger partial charge in [-0.15, -0.1) is 10.2 Å². The molecule has 0 saturated carbocycles. The normalized spacial score (nSPS) is 18.9. The van der Waals surface area contributed by atoms with E-state index in [1.54, 1.807) is 0 Å². The minimum Gasteiger partial charge on any atom is -0.486 e. The van der Waals surface area contributed by atoms with Crippen molar-refractivity contribution in [3.63, 3.8) is 0 Å². The van der Waals surface area contributed by atoms with Gasteiger partial charge in [0, 0.05) is 18.8 Å². The first-order valence-corrected chi connectivity index (χ1v) is 10.0. The summed E-state index contributed by atoms with van der Waals surface area (Å²) in [5.74, 6) is 3.94. The van der Waals surface area contributed by atoms with Crippen LogP contribution in [0.5, 0.6) is 23.0 Å². The summed E-state index contributed by atoms with van der Waals surface area (Å²) in [4.78, 5) is 0. The van der Waals surface area contributed by atoms with Crippen LogP contribution in [-0.4, -0.2) is 43.4 Å². The minimum absolute atomic E-state index is 0.240. The van der Waals surface area contributed by atoms with Crippen LogP contribution in [-0.2, 0) is 10.2 Å². The Morgan fingerprint density at radius 3 is 2.33 bits per heavy atom. The van der Waals surface area contributed by atoms with Crippen LogP contribution in [0.4, 0.5) is 0 Å². The molecule has 1 saturated heterocycles. The predicted molar refractivity (Wildman–Crippen MR) is 104 cm³/mol. The first-order valence-electron chi connectivity index (χ1n) is 10.0. The lowest BCUT2D eigenvalue weighted by atomic mass is 9.74. The molecule has 8 heteroatoms. The van der Waals surface area contributed by atoms with Crippen LogP contribution in [0.25, 0.3) is 11.5 Å². The maximum absolute atomic E-state index is 6.23. The Kier molecular flexibility index (Phi) is 4.05. The molecule has 30 heavy (non-hydrogen) atoms. The smallest absolute Gasteiger partial charge is 0.247 e. The van der Waals surface area contributed by atoms with Crippen molar-refractivity contribution in [2.24, 2.45) is 0 Å². The molecule has 4 heterocycles. The highest BCUT2D eigenvalue weighted by molar-refractivity contribution is 5.60. The van der Waals surface area contributed by atoms with Crippen LogP contribution in [0.3, 0.4) is 0 Å². The second kappa shape index (κ2) is 6.91. The summed E-state index contributed by atoms with van der Waals surface area (Å²) >= 11 is 0. The molecule has 3 aliphatic rings. The zero-order valence-corrected chi connectivity index (χ0v) is 16.3. The number of fused-ring (bicyclic) bond motifs is 2. The van der Waals surface area contributed by atoms with Gasteiger partial charge in [-0.05, 0) is 48.7 Å². The zero-order valence-electron chi connectivity index (χ0n) is 16.3. The number of ether oxygens (including phenoxy) is 5. The van der Waals surface area contributed by atoms with E-state index in [0.29, 0.717) is 44.0 Å². The summed E-state index contributed by atoms with van der Waals surface area (Å²) in [6, 6.07) is 11.7. The van der Waals surface area contributed by atoms with Gasteiger partial charge in [0.2, 0.25) is 18.6 Å². The Morgan fingerprint density at radius 2 is 1.43 bits per heavy atom. The molecule has 0 aliphatic carbocycles. The molecule has 0 unspecified atom stereocenters. The third-order valence-electron chi connectivity index (χ3n) is 5.90. The lowest BCUT2D eigenvalue weighted by Crippen LogP contribution is -2.35. The summed E-state index contributed by atoms with van der Waals surface area (Å²) in [5, 5.41) is 8.80. The number of aromatic nitrogens is 2. The first kappa shape index (κ1) is 17.6. The molecule has 1 fully saturated rings. The lowest BCUT2D eigenvalue weighted by molar-refractivity contribution is 0.0545. The van der Waals surface area contributed by atoms with E-state index in [9.17, 15) is 0 Å². The average molecular weight is 408 g/mol. The quantitative estimate of drug-likeness (QED) is 0.652. The molecule has 0 N–H and O–H groups in total. The molecular formula is C22H20N2O6. The molecule has 0 bridgehead atoms. The molecule has 0 amide bonds. The summed E-state index contributed by atoms with van der Waals surface area (Å²) in [6.45, 7) is 2.56. The van der Waals surface area contributed by atoms with Gasteiger partial charge in [-0.3, -0.25) is 0 Å². The summed E-state index contributed by atoms with van der Waals surface area (Å²) in [7, 11) is 0. The van der Waals surface area contributed by atoms with Crippen molar-refractivity contribution >= 4 is 0 Å². The number of hydrogen-bond donors (Lipinski definition) is 0. The van der Waals surface area contributed by atoms with Gasteiger partial charge in [-0.1, -0.05) is 6.07 Å². The minimum atomic E-state index is -0.432. The maximum Gasteiger partial charge on any atom is 0.247 e. The maximum atomic E-state index is 6.23. The molecule has 6 rings (SSSR count). The molecule has 2 aromatic carbocycles. The number of hydrogen-bond acceptors (Lipinski definition) is 8. The molecule has 0 radical (unpaired) electrons. The van der Waals surface area contributed by atoms with Gasteiger partial charge in [0.05, 0.1) is 5.41 Å². The van der Waals surface area contributed by atoms with E-state index < -0.39 is 5.41 Å². The van der Waals surface area contributed by atoms with Crippen molar-refractivity contribution in [1.82, 2.24) is 10.2 Å². The fourth-order valence-corrected chi connectivity index (χ4v) is 4.25. The third kappa shape index (κ3) is 2.79. The second-order valence-corrected chi connectivity index (χ2v) is 7.53. The molecule has 8 nitrogen and oxygen atoms in total. The second-order valence-electron chi connectivity index (χ2n) is 7.53. The van der Waals surface area contributed by atoms with Gasteiger partial charge >= 0.3 is 0 Å². The summed E-state index contributed by atoms with van der Waals surface area (Å²) < 4.78 is 34.2. The molecule has 154 valence electrons. The third-order valence-corrected chi connectivity index (χ3v) is 5.90. The predicted octanol–water partition coefficient (Wildman–Crippen LogP) is 3.33. The highest BCUT2D eigenvalue weighted by Gasteiger charge is 2.42. The Labute approximate surface area is 172 Å².